The van der Waals surface area contributed by atoms with Crippen molar-refractivity contribution in [1.82, 2.24) is 4.57 Å². The number of carbonyl (C=O) groups is 2. The Hall–Kier alpha value is -3.18. The second kappa shape index (κ2) is 9.96. The molecule has 0 N–H and O–H groups in total. The number of hydrogen-bond donors (Lipinski definition) is 0. The number of benzene rings is 2. The molecule has 0 radical (unpaired) electrons. The third kappa shape index (κ3) is 5.35. The Morgan fingerprint density at radius 2 is 1.66 bits per heavy atom. The maximum absolute atomic E-state index is 12.5. The molecule has 0 fully saturated rings. The van der Waals surface area contributed by atoms with Gasteiger partial charge in [0.1, 0.15) is 18.0 Å². The van der Waals surface area contributed by atoms with Crippen LogP contribution in [0.1, 0.15) is 6.42 Å². The molecule has 0 atom stereocenters. The zero-order valence-electron chi connectivity index (χ0n) is 17.7. The Morgan fingerprint density at radius 3 is 2.28 bits per heavy atom. The molecule has 0 spiro atoms. The molecule has 0 saturated heterocycles. The molecule has 0 aliphatic carbocycles. The zero-order valence-corrected chi connectivity index (χ0v) is 19.4. The minimum Gasteiger partial charge on any atom is -0.497 e. The molecule has 0 saturated carbocycles. The summed E-state index contributed by atoms with van der Waals surface area (Å²) in [6, 6.07) is 11.2. The van der Waals surface area contributed by atoms with Crippen molar-refractivity contribution in [3.63, 3.8) is 0 Å². The van der Waals surface area contributed by atoms with Crippen LogP contribution in [-0.4, -0.2) is 51.9 Å². The summed E-state index contributed by atoms with van der Waals surface area (Å²) >= 11 is 1.19. The van der Waals surface area contributed by atoms with Crippen LogP contribution in [0.2, 0.25) is 0 Å². The van der Waals surface area contributed by atoms with Gasteiger partial charge in [0.25, 0.3) is 0 Å². The molecule has 0 aliphatic rings. The molecule has 1 aromatic heterocycles. The smallest absolute Gasteiger partial charge is 0.325 e. The number of sulfone groups is 1. The van der Waals surface area contributed by atoms with Crippen LogP contribution in [0.3, 0.4) is 0 Å². The minimum absolute atomic E-state index is 0.0980. The van der Waals surface area contributed by atoms with Crippen molar-refractivity contribution >= 4 is 43.3 Å². The first-order chi connectivity index (χ1) is 15.3. The third-order valence-electron chi connectivity index (χ3n) is 4.63. The van der Waals surface area contributed by atoms with E-state index in [1.54, 1.807) is 34.9 Å². The van der Waals surface area contributed by atoms with Gasteiger partial charge in [-0.1, -0.05) is 11.3 Å². The Kier molecular flexibility index (Phi) is 7.31. The maximum Gasteiger partial charge on any atom is 0.325 e. The van der Waals surface area contributed by atoms with E-state index < -0.39 is 27.5 Å². The summed E-state index contributed by atoms with van der Waals surface area (Å²) in [5, 5.41) is 0. The third-order valence-corrected chi connectivity index (χ3v) is 7.40. The van der Waals surface area contributed by atoms with Gasteiger partial charge in [-0.25, -0.2) is 8.42 Å². The Balaban J connectivity index is 1.87. The molecule has 32 heavy (non-hydrogen) atoms. The average Bonchev–Trinajstić information content (AvgIpc) is 3.13. The Morgan fingerprint density at radius 1 is 1.00 bits per heavy atom. The van der Waals surface area contributed by atoms with Crippen LogP contribution in [0.5, 0.6) is 11.5 Å². The summed E-state index contributed by atoms with van der Waals surface area (Å²) < 4.78 is 42.4. The molecule has 170 valence electrons. The molecule has 2 aromatic carbocycles. The fourth-order valence-corrected chi connectivity index (χ4v) is 5.20. The largest absolute Gasteiger partial charge is 0.497 e. The van der Waals surface area contributed by atoms with Crippen LogP contribution in [0, 0.1) is 0 Å². The molecule has 11 heteroatoms. The summed E-state index contributed by atoms with van der Waals surface area (Å²) in [4.78, 5) is 28.8. The van der Waals surface area contributed by atoms with Gasteiger partial charge < -0.3 is 18.8 Å². The van der Waals surface area contributed by atoms with Crippen molar-refractivity contribution in [2.45, 2.75) is 17.9 Å². The second-order valence-electron chi connectivity index (χ2n) is 6.63. The van der Waals surface area contributed by atoms with Crippen molar-refractivity contribution in [2.75, 3.05) is 27.1 Å². The molecule has 0 bridgehead atoms. The lowest BCUT2D eigenvalue weighted by molar-refractivity contribution is -0.141. The summed E-state index contributed by atoms with van der Waals surface area (Å²) in [5.74, 6) is -0.355. The number of nitrogens with zero attached hydrogens (tertiary/aromatic N) is 2. The van der Waals surface area contributed by atoms with Gasteiger partial charge in [-0.05, 0) is 42.5 Å². The number of amides is 1. The fraction of sp³-hybridized carbons (Fsp3) is 0.286. The fourth-order valence-electron chi connectivity index (χ4n) is 2.90. The number of hydrogen-bond acceptors (Lipinski definition) is 8. The van der Waals surface area contributed by atoms with Gasteiger partial charge in [-0.15, -0.1) is 0 Å². The molecule has 9 nitrogen and oxygen atoms in total. The highest BCUT2D eigenvalue weighted by molar-refractivity contribution is 7.91. The molecule has 0 unspecified atom stereocenters. The summed E-state index contributed by atoms with van der Waals surface area (Å²) in [7, 11) is 0.624. The summed E-state index contributed by atoms with van der Waals surface area (Å²) in [5.41, 5.74) is 0.679. The Bertz CT molecular complexity index is 1310. The highest BCUT2D eigenvalue weighted by Gasteiger charge is 2.17. The monoisotopic (exact) mass is 478 g/mol. The van der Waals surface area contributed by atoms with E-state index in [1.807, 2.05) is 0 Å². The first-order valence-electron chi connectivity index (χ1n) is 9.46. The predicted molar refractivity (Wildman–Crippen MR) is 119 cm³/mol. The highest BCUT2D eigenvalue weighted by Crippen LogP contribution is 2.23. The van der Waals surface area contributed by atoms with E-state index in [-0.39, 0.29) is 22.7 Å². The van der Waals surface area contributed by atoms with Crippen molar-refractivity contribution in [3.8, 4) is 11.5 Å². The number of ether oxygens (including phenoxy) is 3. The van der Waals surface area contributed by atoms with Crippen molar-refractivity contribution in [3.05, 3.63) is 47.3 Å². The lowest BCUT2D eigenvalue weighted by Gasteiger charge is -2.05. The quantitative estimate of drug-likeness (QED) is 0.456. The van der Waals surface area contributed by atoms with Crippen LogP contribution in [0.15, 0.2) is 52.4 Å². The molecular formula is C21H22N2O7S2. The normalized spacial score (nSPS) is 12.0. The SMILES string of the molecule is COC(=O)Cn1c(=NC(=O)CCS(=O)(=O)c2ccc(OC)cc2)sc2cc(OC)ccc21. The summed E-state index contributed by atoms with van der Waals surface area (Å²) in [6.07, 6.45) is -0.301. The number of methoxy groups -OCH3 is 3. The highest BCUT2D eigenvalue weighted by atomic mass is 32.2. The van der Waals surface area contributed by atoms with Gasteiger partial charge in [0.15, 0.2) is 14.6 Å². The predicted octanol–water partition coefficient (Wildman–Crippen LogP) is 2.18. The van der Waals surface area contributed by atoms with E-state index in [4.69, 9.17) is 14.2 Å². The van der Waals surface area contributed by atoms with E-state index in [1.165, 1.54) is 44.8 Å². The number of fused-ring (bicyclic) bond motifs is 1. The van der Waals surface area contributed by atoms with Crippen LogP contribution in [-0.2, 0) is 30.7 Å². The number of thiazole rings is 1. The van der Waals surface area contributed by atoms with Crippen LogP contribution in [0.25, 0.3) is 10.2 Å². The second-order valence-corrected chi connectivity index (χ2v) is 9.75. The van der Waals surface area contributed by atoms with Crippen molar-refractivity contribution < 1.29 is 32.2 Å². The van der Waals surface area contributed by atoms with Gasteiger partial charge in [0, 0.05) is 6.42 Å². The van der Waals surface area contributed by atoms with Gasteiger partial charge in [0.2, 0.25) is 5.91 Å². The van der Waals surface area contributed by atoms with E-state index in [9.17, 15) is 18.0 Å². The molecule has 3 aromatic rings. The number of aromatic nitrogens is 1. The minimum atomic E-state index is -3.67. The first-order valence-corrected chi connectivity index (χ1v) is 11.9. The van der Waals surface area contributed by atoms with Crippen LogP contribution >= 0.6 is 11.3 Å². The maximum atomic E-state index is 12.5. The van der Waals surface area contributed by atoms with Crippen LogP contribution < -0.4 is 14.3 Å². The lowest BCUT2D eigenvalue weighted by Crippen LogP contribution is -2.22. The number of esters is 1. The van der Waals surface area contributed by atoms with E-state index in [0.717, 1.165) is 4.70 Å². The number of carbonyl (C=O) groups excluding carboxylic acids is 2. The number of rotatable bonds is 8. The van der Waals surface area contributed by atoms with Crippen LogP contribution in [0.4, 0.5) is 0 Å². The topological polar surface area (TPSA) is 113 Å². The molecule has 0 aliphatic heterocycles. The molecule has 3 rings (SSSR count). The van der Waals surface area contributed by atoms with E-state index in [0.29, 0.717) is 17.0 Å². The van der Waals surface area contributed by atoms with Gasteiger partial charge >= 0.3 is 5.97 Å². The zero-order chi connectivity index (χ0) is 23.3. The average molecular weight is 479 g/mol. The lowest BCUT2D eigenvalue weighted by atomic mass is 10.3. The van der Waals surface area contributed by atoms with Crippen molar-refractivity contribution in [2.24, 2.45) is 4.99 Å². The molecular weight excluding hydrogens is 456 g/mol. The van der Waals surface area contributed by atoms with E-state index >= 15 is 0 Å². The Labute approximate surface area is 188 Å². The first kappa shape index (κ1) is 23.5. The molecule has 1 heterocycles. The summed E-state index contributed by atoms with van der Waals surface area (Å²) in [6.45, 7) is -0.140. The van der Waals surface area contributed by atoms with Gasteiger partial charge in [0.05, 0.1) is 42.2 Å². The molecule has 1 amide bonds. The van der Waals surface area contributed by atoms with Gasteiger partial charge in [-0.3, -0.25) is 9.59 Å². The van der Waals surface area contributed by atoms with Crippen molar-refractivity contribution in [1.29, 1.82) is 0 Å². The standard InChI is InChI=1S/C21H22N2O7S2/c1-28-14-4-7-16(8-5-14)32(26,27)11-10-19(24)22-21-23(13-20(25)30-3)17-9-6-15(29-2)12-18(17)31-21/h4-9,12H,10-11,13H2,1-3H3. The van der Waals surface area contributed by atoms with Gasteiger partial charge in [-0.2, -0.15) is 4.99 Å². The van der Waals surface area contributed by atoms with E-state index in [2.05, 4.69) is 4.99 Å².